The number of nitrogens with one attached hydrogen (secondary N) is 2. The Morgan fingerprint density at radius 3 is 2.43 bits per heavy atom. The first-order valence-electron chi connectivity index (χ1n) is 8.77. The number of carbonyl (C=O) groups is 2. The van der Waals surface area contributed by atoms with Crippen molar-refractivity contribution in [2.24, 2.45) is 5.92 Å². The van der Waals surface area contributed by atoms with Crippen molar-refractivity contribution in [3.8, 4) is 0 Å². The van der Waals surface area contributed by atoms with Gasteiger partial charge in [0.15, 0.2) is 0 Å². The minimum Gasteiger partial charge on any atom is -0.356 e. The number of hydrogen-bond acceptors (Lipinski definition) is 2. The predicted molar refractivity (Wildman–Crippen MR) is 93.3 cm³/mol. The molecule has 0 radical (unpaired) electrons. The van der Waals surface area contributed by atoms with Crippen molar-refractivity contribution in [2.75, 3.05) is 11.9 Å². The molecule has 0 aliphatic heterocycles. The monoisotopic (exact) mass is 316 g/mol. The van der Waals surface area contributed by atoms with E-state index in [0.717, 1.165) is 30.1 Å². The van der Waals surface area contributed by atoms with Gasteiger partial charge in [0, 0.05) is 19.2 Å². The summed E-state index contributed by atoms with van der Waals surface area (Å²) < 4.78 is 0. The fourth-order valence-electron chi connectivity index (χ4n) is 3.25. The van der Waals surface area contributed by atoms with E-state index in [9.17, 15) is 9.59 Å². The lowest BCUT2D eigenvalue weighted by molar-refractivity contribution is -0.120. The normalized spacial score (nSPS) is 15.2. The van der Waals surface area contributed by atoms with Crippen LogP contribution in [-0.4, -0.2) is 18.4 Å². The van der Waals surface area contributed by atoms with Crippen LogP contribution < -0.4 is 10.6 Å². The van der Waals surface area contributed by atoms with Crippen LogP contribution in [-0.2, 0) is 16.0 Å². The maximum Gasteiger partial charge on any atom is 0.224 e. The van der Waals surface area contributed by atoms with Crippen LogP contribution >= 0.6 is 0 Å². The molecule has 0 heterocycles. The topological polar surface area (TPSA) is 58.2 Å². The molecule has 4 heteroatoms. The molecule has 0 atom stereocenters. The second-order valence-electron chi connectivity index (χ2n) is 6.55. The van der Waals surface area contributed by atoms with Gasteiger partial charge in [0.05, 0.1) is 6.42 Å². The molecule has 4 nitrogen and oxygen atoms in total. The zero-order valence-corrected chi connectivity index (χ0v) is 14.1. The molecule has 2 amide bonds. The van der Waals surface area contributed by atoms with E-state index < -0.39 is 0 Å². The van der Waals surface area contributed by atoms with E-state index >= 15 is 0 Å². The average molecular weight is 316 g/mol. The van der Waals surface area contributed by atoms with E-state index in [0.29, 0.717) is 6.42 Å². The third-order valence-electron chi connectivity index (χ3n) is 4.48. The Labute approximate surface area is 139 Å². The number of rotatable bonds is 7. The third kappa shape index (κ3) is 6.85. The molecule has 1 aromatic carbocycles. The molecule has 1 fully saturated rings. The van der Waals surface area contributed by atoms with E-state index in [1.54, 1.807) is 0 Å². The van der Waals surface area contributed by atoms with Crippen LogP contribution in [0.15, 0.2) is 24.3 Å². The first-order chi connectivity index (χ1) is 11.1. The summed E-state index contributed by atoms with van der Waals surface area (Å²) in [5.74, 6) is 0.858. The molecule has 0 spiro atoms. The number of anilines is 1. The largest absolute Gasteiger partial charge is 0.356 e. The second kappa shape index (κ2) is 9.33. The Hall–Kier alpha value is -1.84. The van der Waals surface area contributed by atoms with Crippen LogP contribution in [0.3, 0.4) is 0 Å². The summed E-state index contributed by atoms with van der Waals surface area (Å²) in [5, 5.41) is 5.73. The minimum atomic E-state index is -0.0894. The fourth-order valence-corrected chi connectivity index (χ4v) is 3.25. The van der Waals surface area contributed by atoms with Crippen LogP contribution in [0.5, 0.6) is 0 Å². The van der Waals surface area contributed by atoms with E-state index in [1.165, 1.54) is 45.4 Å². The Morgan fingerprint density at radius 2 is 1.78 bits per heavy atom. The first kappa shape index (κ1) is 17.5. The molecule has 0 aromatic heterocycles. The van der Waals surface area contributed by atoms with Gasteiger partial charge in [0.2, 0.25) is 11.8 Å². The summed E-state index contributed by atoms with van der Waals surface area (Å²) in [5.41, 5.74) is 1.72. The van der Waals surface area contributed by atoms with Crippen molar-refractivity contribution in [3.05, 3.63) is 29.8 Å². The Balaban J connectivity index is 1.63. The minimum absolute atomic E-state index is 0.0703. The number of carbonyl (C=O) groups excluding carboxylic acids is 2. The molecule has 1 saturated carbocycles. The predicted octanol–water partition coefficient (Wildman–Crippen LogP) is 3.66. The number of amides is 2. The van der Waals surface area contributed by atoms with Gasteiger partial charge in [-0.25, -0.2) is 0 Å². The molecular formula is C19H28N2O2. The molecule has 2 rings (SSSR count). The highest BCUT2D eigenvalue weighted by molar-refractivity contribution is 5.88. The van der Waals surface area contributed by atoms with Crippen LogP contribution in [0.2, 0.25) is 0 Å². The summed E-state index contributed by atoms with van der Waals surface area (Å²) in [6.45, 7) is 2.26. The van der Waals surface area contributed by atoms with Crippen LogP contribution in [0.1, 0.15) is 57.4 Å². The highest BCUT2D eigenvalue weighted by atomic mass is 16.2. The van der Waals surface area contributed by atoms with Crippen LogP contribution in [0.4, 0.5) is 5.69 Å². The standard InChI is InChI=1S/C19H28N2O2/c1-15(22)21-18-11-9-17(10-12-18)14-19(23)20-13-5-8-16-6-3-2-4-7-16/h9-12,16H,2-8,13-14H2,1H3,(H,20,23)(H,21,22). The highest BCUT2D eigenvalue weighted by Gasteiger charge is 2.12. The smallest absolute Gasteiger partial charge is 0.224 e. The average Bonchev–Trinajstić information content (AvgIpc) is 2.54. The Bertz CT molecular complexity index is 505. The lowest BCUT2D eigenvalue weighted by Crippen LogP contribution is -2.26. The maximum absolute atomic E-state index is 11.9. The van der Waals surface area contributed by atoms with Gasteiger partial charge >= 0.3 is 0 Å². The zero-order valence-electron chi connectivity index (χ0n) is 14.1. The van der Waals surface area contributed by atoms with Crippen molar-refractivity contribution in [2.45, 2.75) is 58.3 Å². The van der Waals surface area contributed by atoms with E-state index in [1.807, 2.05) is 24.3 Å². The molecule has 1 aromatic rings. The van der Waals surface area contributed by atoms with Crippen molar-refractivity contribution in [1.82, 2.24) is 5.32 Å². The Kier molecular flexibility index (Phi) is 7.11. The van der Waals surface area contributed by atoms with Gasteiger partial charge in [-0.15, -0.1) is 0 Å². The lowest BCUT2D eigenvalue weighted by Gasteiger charge is -2.21. The van der Waals surface area contributed by atoms with Gasteiger partial charge in [-0.3, -0.25) is 9.59 Å². The van der Waals surface area contributed by atoms with E-state index in [2.05, 4.69) is 10.6 Å². The molecular weight excluding hydrogens is 288 g/mol. The Morgan fingerprint density at radius 1 is 1.09 bits per heavy atom. The molecule has 0 saturated heterocycles. The highest BCUT2D eigenvalue weighted by Crippen LogP contribution is 2.26. The van der Waals surface area contributed by atoms with Crippen molar-refractivity contribution < 1.29 is 9.59 Å². The lowest BCUT2D eigenvalue weighted by atomic mass is 9.86. The summed E-state index contributed by atoms with van der Waals surface area (Å²) in [4.78, 5) is 22.9. The molecule has 1 aliphatic rings. The third-order valence-corrected chi connectivity index (χ3v) is 4.48. The van der Waals surface area contributed by atoms with Crippen LogP contribution in [0, 0.1) is 5.92 Å². The maximum atomic E-state index is 11.9. The van der Waals surface area contributed by atoms with Gasteiger partial charge in [0.25, 0.3) is 0 Å². The van der Waals surface area contributed by atoms with Crippen molar-refractivity contribution in [3.63, 3.8) is 0 Å². The summed E-state index contributed by atoms with van der Waals surface area (Å²) in [6.07, 6.45) is 9.61. The van der Waals surface area contributed by atoms with E-state index in [4.69, 9.17) is 0 Å². The van der Waals surface area contributed by atoms with E-state index in [-0.39, 0.29) is 11.8 Å². The van der Waals surface area contributed by atoms with Crippen molar-refractivity contribution >= 4 is 17.5 Å². The van der Waals surface area contributed by atoms with Gasteiger partial charge in [-0.1, -0.05) is 44.2 Å². The van der Waals surface area contributed by atoms with Gasteiger partial charge in [-0.05, 0) is 36.5 Å². The van der Waals surface area contributed by atoms with Gasteiger partial charge in [-0.2, -0.15) is 0 Å². The van der Waals surface area contributed by atoms with Gasteiger partial charge in [0.1, 0.15) is 0 Å². The summed E-state index contributed by atoms with van der Waals surface area (Å²) in [6, 6.07) is 7.42. The molecule has 2 N–H and O–H groups in total. The van der Waals surface area contributed by atoms with Crippen LogP contribution in [0.25, 0.3) is 0 Å². The zero-order chi connectivity index (χ0) is 16.5. The molecule has 0 unspecified atom stereocenters. The summed E-state index contributed by atoms with van der Waals surface area (Å²) >= 11 is 0. The molecule has 23 heavy (non-hydrogen) atoms. The van der Waals surface area contributed by atoms with Gasteiger partial charge < -0.3 is 10.6 Å². The fraction of sp³-hybridized carbons (Fsp3) is 0.579. The molecule has 0 bridgehead atoms. The number of hydrogen-bond donors (Lipinski definition) is 2. The first-order valence-corrected chi connectivity index (χ1v) is 8.77. The molecule has 126 valence electrons. The summed E-state index contributed by atoms with van der Waals surface area (Å²) in [7, 11) is 0. The number of benzene rings is 1. The second-order valence-corrected chi connectivity index (χ2v) is 6.55. The SMILES string of the molecule is CC(=O)Nc1ccc(CC(=O)NCCCC2CCCCC2)cc1. The quantitative estimate of drug-likeness (QED) is 0.754. The molecule has 1 aliphatic carbocycles. The van der Waals surface area contributed by atoms with Crippen molar-refractivity contribution in [1.29, 1.82) is 0 Å².